The van der Waals surface area contributed by atoms with Gasteiger partial charge in [0.1, 0.15) is 5.54 Å². The summed E-state index contributed by atoms with van der Waals surface area (Å²) in [6, 6.07) is 2.51. The fraction of sp³-hybridized carbons (Fsp3) is 0.944. The Morgan fingerprint density at radius 2 is 1.71 bits per heavy atom. The summed E-state index contributed by atoms with van der Waals surface area (Å²) >= 11 is 0. The Balaban J connectivity index is 1.54. The van der Waals surface area contributed by atoms with Crippen molar-refractivity contribution in [3.63, 3.8) is 0 Å². The number of nitrogens with zero attached hydrogens (tertiary/aromatic N) is 2. The SMILES string of the molecule is CCCCC[N+]1(CCCC)CCC(C23CC2(C#N)N3)CC1. The number of hydrogen-bond acceptors (Lipinski definition) is 2. The van der Waals surface area contributed by atoms with Crippen LogP contribution in [0.25, 0.3) is 0 Å². The topological polar surface area (TPSA) is 45.7 Å². The molecule has 2 atom stereocenters. The van der Waals surface area contributed by atoms with Crippen LogP contribution in [0.4, 0.5) is 0 Å². The first-order chi connectivity index (χ1) is 10.2. The van der Waals surface area contributed by atoms with Gasteiger partial charge in [-0.05, 0) is 25.2 Å². The van der Waals surface area contributed by atoms with Crippen LogP contribution in [0.1, 0.15) is 65.2 Å². The predicted octanol–water partition coefficient (Wildman–Crippen LogP) is 3.21. The van der Waals surface area contributed by atoms with Gasteiger partial charge >= 0.3 is 0 Å². The van der Waals surface area contributed by atoms with E-state index in [-0.39, 0.29) is 11.1 Å². The lowest BCUT2D eigenvalue weighted by atomic mass is 9.87. The minimum atomic E-state index is -0.0731. The Labute approximate surface area is 130 Å². The molecule has 0 aromatic carbocycles. The average Bonchev–Trinajstić information content (AvgIpc) is 3.33. The van der Waals surface area contributed by atoms with E-state index in [0.29, 0.717) is 0 Å². The number of nitrogens with one attached hydrogen (secondary N) is 1. The van der Waals surface area contributed by atoms with Crippen molar-refractivity contribution in [1.82, 2.24) is 5.32 Å². The zero-order chi connectivity index (χ0) is 15.0. The van der Waals surface area contributed by atoms with E-state index in [1.165, 1.54) is 75.6 Å². The Hall–Kier alpha value is -0.590. The van der Waals surface area contributed by atoms with Crippen LogP contribution in [0.2, 0.25) is 0 Å². The molecule has 3 rings (SSSR count). The molecular weight excluding hydrogens is 258 g/mol. The van der Waals surface area contributed by atoms with Crippen molar-refractivity contribution in [2.45, 2.75) is 76.3 Å². The maximum absolute atomic E-state index is 9.25. The Kier molecular flexibility index (Phi) is 4.05. The molecule has 0 aromatic heterocycles. The van der Waals surface area contributed by atoms with Gasteiger partial charge < -0.3 is 4.48 Å². The van der Waals surface area contributed by atoms with E-state index in [2.05, 4.69) is 25.2 Å². The molecular formula is C18H32N3+. The predicted molar refractivity (Wildman–Crippen MR) is 85.7 cm³/mol. The monoisotopic (exact) mass is 290 g/mol. The van der Waals surface area contributed by atoms with Crippen LogP contribution in [-0.2, 0) is 0 Å². The standard InChI is InChI=1S/C18H32N3/c1-3-5-7-11-21(10-6-4-2)12-8-16(9-13-21)18-14-17(18,15-19)20-18/h16,20H,3-14H2,1-2H3/q+1. The van der Waals surface area contributed by atoms with Gasteiger partial charge in [-0.15, -0.1) is 0 Å². The third kappa shape index (κ3) is 2.51. The molecule has 0 radical (unpaired) electrons. The lowest BCUT2D eigenvalue weighted by Gasteiger charge is -2.44. The molecule has 2 aliphatic heterocycles. The minimum absolute atomic E-state index is 0.0731. The molecule has 0 aromatic rings. The van der Waals surface area contributed by atoms with Crippen molar-refractivity contribution in [1.29, 1.82) is 5.26 Å². The summed E-state index contributed by atoms with van der Waals surface area (Å²) in [5.74, 6) is 0.774. The molecule has 0 amide bonds. The van der Waals surface area contributed by atoms with Crippen LogP contribution in [0, 0.1) is 17.2 Å². The lowest BCUT2D eigenvalue weighted by molar-refractivity contribution is -0.934. The number of quaternary nitrogens is 1. The van der Waals surface area contributed by atoms with Gasteiger partial charge in [-0.25, -0.2) is 0 Å². The molecule has 3 nitrogen and oxygen atoms in total. The van der Waals surface area contributed by atoms with Crippen molar-refractivity contribution in [3.8, 4) is 6.07 Å². The highest BCUT2D eigenvalue weighted by atomic mass is 15.4. The van der Waals surface area contributed by atoms with Crippen molar-refractivity contribution >= 4 is 0 Å². The third-order valence-electron chi connectivity index (χ3n) is 6.57. The van der Waals surface area contributed by atoms with E-state index >= 15 is 0 Å². The van der Waals surface area contributed by atoms with E-state index in [1.807, 2.05) is 0 Å². The Morgan fingerprint density at radius 1 is 1.10 bits per heavy atom. The summed E-state index contributed by atoms with van der Waals surface area (Å²) in [6.45, 7) is 10.1. The van der Waals surface area contributed by atoms with Gasteiger partial charge in [0, 0.05) is 19.3 Å². The normalized spacial score (nSPS) is 44.0. The van der Waals surface area contributed by atoms with Crippen LogP contribution < -0.4 is 5.32 Å². The molecule has 1 N–H and O–H groups in total. The summed E-state index contributed by atoms with van der Waals surface area (Å²) in [6.07, 6.45) is 10.6. The molecule has 0 spiro atoms. The van der Waals surface area contributed by atoms with E-state index in [0.717, 1.165) is 12.3 Å². The number of nitriles is 1. The van der Waals surface area contributed by atoms with Crippen molar-refractivity contribution in [2.24, 2.45) is 5.92 Å². The van der Waals surface area contributed by atoms with Crippen LogP contribution in [0.15, 0.2) is 0 Å². The maximum Gasteiger partial charge on any atom is 0.127 e. The van der Waals surface area contributed by atoms with Gasteiger partial charge in [0.15, 0.2) is 0 Å². The molecule has 2 saturated heterocycles. The zero-order valence-electron chi connectivity index (χ0n) is 14.0. The summed E-state index contributed by atoms with van der Waals surface area (Å²) in [5, 5.41) is 12.7. The number of fused-ring (bicyclic) bond motifs is 1. The number of likely N-dealkylation sites (tertiary alicyclic amines) is 1. The second-order valence-electron chi connectivity index (χ2n) is 7.86. The molecule has 3 heteroatoms. The molecule has 118 valence electrons. The highest BCUT2D eigenvalue weighted by Crippen LogP contribution is 2.68. The molecule has 3 fully saturated rings. The van der Waals surface area contributed by atoms with E-state index in [9.17, 15) is 5.26 Å². The molecule has 2 unspecified atom stereocenters. The van der Waals surface area contributed by atoms with Crippen molar-refractivity contribution in [2.75, 3.05) is 26.2 Å². The van der Waals surface area contributed by atoms with Crippen LogP contribution in [-0.4, -0.2) is 41.7 Å². The maximum atomic E-state index is 9.25. The van der Waals surface area contributed by atoms with Gasteiger partial charge in [-0.3, -0.25) is 5.32 Å². The molecule has 1 aliphatic carbocycles. The molecule has 1 saturated carbocycles. The average molecular weight is 290 g/mol. The van der Waals surface area contributed by atoms with Crippen LogP contribution >= 0.6 is 0 Å². The Morgan fingerprint density at radius 3 is 2.24 bits per heavy atom. The van der Waals surface area contributed by atoms with Gasteiger partial charge in [0.2, 0.25) is 0 Å². The highest BCUT2D eigenvalue weighted by molar-refractivity contribution is 5.53. The second kappa shape index (κ2) is 5.56. The number of hydrogen-bond donors (Lipinski definition) is 1. The van der Waals surface area contributed by atoms with Gasteiger partial charge in [0.25, 0.3) is 0 Å². The highest BCUT2D eigenvalue weighted by Gasteiger charge is 2.87. The number of piperidine rings is 1. The van der Waals surface area contributed by atoms with E-state index in [4.69, 9.17) is 0 Å². The molecule has 21 heavy (non-hydrogen) atoms. The fourth-order valence-electron chi connectivity index (χ4n) is 4.83. The third-order valence-corrected chi connectivity index (χ3v) is 6.57. The summed E-state index contributed by atoms with van der Waals surface area (Å²) in [4.78, 5) is 0. The summed E-state index contributed by atoms with van der Waals surface area (Å²) in [7, 11) is 0. The zero-order valence-corrected chi connectivity index (χ0v) is 14.0. The van der Waals surface area contributed by atoms with Crippen LogP contribution in [0.3, 0.4) is 0 Å². The number of rotatable bonds is 8. The van der Waals surface area contributed by atoms with Crippen LogP contribution in [0.5, 0.6) is 0 Å². The first-order valence-electron chi connectivity index (χ1n) is 9.22. The van der Waals surface area contributed by atoms with Gasteiger partial charge in [-0.2, -0.15) is 5.26 Å². The first kappa shape index (κ1) is 15.3. The van der Waals surface area contributed by atoms with E-state index < -0.39 is 0 Å². The smallest absolute Gasteiger partial charge is 0.127 e. The molecule has 2 heterocycles. The fourth-order valence-corrected chi connectivity index (χ4v) is 4.83. The van der Waals surface area contributed by atoms with Gasteiger partial charge in [0.05, 0.1) is 37.8 Å². The Bertz CT molecular complexity index is 409. The number of unbranched alkanes of at least 4 members (excludes halogenated alkanes) is 3. The van der Waals surface area contributed by atoms with Crippen molar-refractivity contribution in [3.05, 3.63) is 0 Å². The second-order valence-corrected chi connectivity index (χ2v) is 7.86. The van der Waals surface area contributed by atoms with Gasteiger partial charge in [-0.1, -0.05) is 26.7 Å². The molecule has 0 bridgehead atoms. The lowest BCUT2D eigenvalue weighted by Crippen LogP contribution is -2.55. The van der Waals surface area contributed by atoms with E-state index in [1.54, 1.807) is 0 Å². The van der Waals surface area contributed by atoms with Crippen molar-refractivity contribution < 1.29 is 4.48 Å². The summed E-state index contributed by atoms with van der Waals surface area (Å²) in [5.41, 5.74) is 0.197. The minimum Gasteiger partial charge on any atom is -0.324 e. The first-order valence-corrected chi connectivity index (χ1v) is 9.22. The quantitative estimate of drug-likeness (QED) is 0.424. The summed E-state index contributed by atoms with van der Waals surface area (Å²) < 4.78 is 1.37. The largest absolute Gasteiger partial charge is 0.324 e. The molecule has 3 aliphatic rings.